The topological polar surface area (TPSA) is 75.5 Å². The van der Waals surface area contributed by atoms with Crippen molar-refractivity contribution in [3.63, 3.8) is 0 Å². The van der Waals surface area contributed by atoms with Crippen molar-refractivity contribution in [3.05, 3.63) is 29.5 Å². The molecule has 20 heavy (non-hydrogen) atoms. The van der Waals surface area contributed by atoms with Crippen molar-refractivity contribution in [1.29, 1.82) is 0 Å². The fourth-order valence-electron chi connectivity index (χ4n) is 2.66. The third-order valence-electron chi connectivity index (χ3n) is 3.61. The first kappa shape index (κ1) is 11.8. The molecule has 1 atom stereocenters. The number of aromatic amines is 1. The molecule has 4 rings (SSSR count). The molecule has 0 amide bonds. The molecule has 1 N–H and O–H groups in total. The first-order valence-electron chi connectivity index (χ1n) is 6.40. The summed E-state index contributed by atoms with van der Waals surface area (Å²) in [5.41, 5.74) is 1.61. The SMILES string of the molecule is Brc1cnn(C2CCN(c3ncnc4nc[nH]c34)C2)c1. The molecule has 0 spiro atoms. The molecule has 0 aromatic carbocycles. The van der Waals surface area contributed by atoms with E-state index in [-0.39, 0.29) is 0 Å². The van der Waals surface area contributed by atoms with Gasteiger partial charge in [-0.2, -0.15) is 5.10 Å². The van der Waals surface area contributed by atoms with E-state index < -0.39 is 0 Å². The molecule has 1 unspecified atom stereocenters. The Morgan fingerprint density at radius 1 is 1.30 bits per heavy atom. The highest BCUT2D eigenvalue weighted by molar-refractivity contribution is 9.10. The van der Waals surface area contributed by atoms with E-state index in [4.69, 9.17) is 0 Å². The van der Waals surface area contributed by atoms with Crippen molar-refractivity contribution in [1.82, 2.24) is 29.7 Å². The van der Waals surface area contributed by atoms with Gasteiger partial charge < -0.3 is 9.88 Å². The van der Waals surface area contributed by atoms with Crippen LogP contribution in [-0.4, -0.2) is 42.8 Å². The Bertz CT molecular complexity index is 749. The van der Waals surface area contributed by atoms with Gasteiger partial charge in [0.05, 0.1) is 23.0 Å². The third kappa shape index (κ3) is 1.87. The summed E-state index contributed by atoms with van der Waals surface area (Å²) in [7, 11) is 0. The fourth-order valence-corrected chi connectivity index (χ4v) is 2.96. The Labute approximate surface area is 123 Å². The number of hydrogen-bond donors (Lipinski definition) is 1. The van der Waals surface area contributed by atoms with Crippen LogP contribution in [0.1, 0.15) is 12.5 Å². The molecule has 0 saturated carbocycles. The van der Waals surface area contributed by atoms with Crippen LogP contribution in [0.2, 0.25) is 0 Å². The van der Waals surface area contributed by atoms with Crippen LogP contribution >= 0.6 is 15.9 Å². The van der Waals surface area contributed by atoms with Crippen LogP contribution in [0.15, 0.2) is 29.5 Å². The molecule has 0 aliphatic carbocycles. The molecule has 8 heteroatoms. The molecule has 1 saturated heterocycles. The van der Waals surface area contributed by atoms with Crippen LogP contribution in [0.4, 0.5) is 5.82 Å². The fraction of sp³-hybridized carbons (Fsp3) is 0.333. The lowest BCUT2D eigenvalue weighted by atomic mass is 10.3. The summed E-state index contributed by atoms with van der Waals surface area (Å²) in [5.74, 6) is 0.918. The molecule has 3 aromatic rings. The van der Waals surface area contributed by atoms with Gasteiger partial charge in [0.1, 0.15) is 11.8 Å². The minimum atomic E-state index is 0.370. The maximum atomic E-state index is 4.40. The number of nitrogens with one attached hydrogen (secondary N) is 1. The summed E-state index contributed by atoms with van der Waals surface area (Å²) in [6.07, 6.45) is 8.10. The van der Waals surface area contributed by atoms with Gasteiger partial charge in [-0.05, 0) is 22.4 Å². The minimum Gasteiger partial charge on any atom is -0.352 e. The van der Waals surface area contributed by atoms with Crippen LogP contribution < -0.4 is 4.90 Å². The minimum absolute atomic E-state index is 0.370. The van der Waals surface area contributed by atoms with E-state index in [0.717, 1.165) is 35.3 Å². The van der Waals surface area contributed by atoms with E-state index in [9.17, 15) is 0 Å². The predicted molar refractivity (Wildman–Crippen MR) is 77.5 cm³/mol. The molecule has 0 bridgehead atoms. The zero-order valence-corrected chi connectivity index (χ0v) is 12.2. The van der Waals surface area contributed by atoms with Gasteiger partial charge in [-0.15, -0.1) is 0 Å². The highest BCUT2D eigenvalue weighted by atomic mass is 79.9. The van der Waals surface area contributed by atoms with Crippen LogP contribution in [0.3, 0.4) is 0 Å². The van der Waals surface area contributed by atoms with E-state index in [1.165, 1.54) is 0 Å². The van der Waals surface area contributed by atoms with Crippen molar-refractivity contribution < 1.29 is 0 Å². The van der Waals surface area contributed by atoms with Crippen molar-refractivity contribution in [3.8, 4) is 0 Å². The monoisotopic (exact) mass is 333 g/mol. The maximum absolute atomic E-state index is 4.40. The van der Waals surface area contributed by atoms with E-state index in [1.807, 2.05) is 17.1 Å². The number of imidazole rings is 1. The van der Waals surface area contributed by atoms with Crippen molar-refractivity contribution in [2.24, 2.45) is 0 Å². The van der Waals surface area contributed by atoms with Crippen LogP contribution in [-0.2, 0) is 0 Å². The smallest absolute Gasteiger partial charge is 0.182 e. The summed E-state index contributed by atoms with van der Waals surface area (Å²) >= 11 is 3.44. The molecule has 1 aliphatic heterocycles. The van der Waals surface area contributed by atoms with E-state index >= 15 is 0 Å². The lowest BCUT2D eigenvalue weighted by molar-refractivity contribution is 0.494. The lowest BCUT2D eigenvalue weighted by Gasteiger charge is -2.17. The van der Waals surface area contributed by atoms with Gasteiger partial charge in [0.25, 0.3) is 0 Å². The second kappa shape index (κ2) is 4.55. The number of nitrogens with zero attached hydrogens (tertiary/aromatic N) is 6. The molecular weight excluding hydrogens is 322 g/mol. The van der Waals surface area contributed by atoms with E-state index in [1.54, 1.807) is 12.7 Å². The molecule has 7 nitrogen and oxygen atoms in total. The molecule has 0 radical (unpaired) electrons. The molecule has 1 fully saturated rings. The van der Waals surface area contributed by atoms with Crippen molar-refractivity contribution >= 4 is 32.9 Å². The summed E-state index contributed by atoms with van der Waals surface area (Å²) in [6, 6.07) is 0.370. The van der Waals surface area contributed by atoms with Gasteiger partial charge in [-0.25, -0.2) is 15.0 Å². The quantitative estimate of drug-likeness (QED) is 0.773. The average molecular weight is 334 g/mol. The van der Waals surface area contributed by atoms with Gasteiger partial charge in [0, 0.05) is 19.3 Å². The van der Waals surface area contributed by atoms with Gasteiger partial charge in [0.15, 0.2) is 11.5 Å². The Hall–Kier alpha value is -1.96. The zero-order valence-electron chi connectivity index (χ0n) is 10.6. The number of rotatable bonds is 2. The number of fused-ring (bicyclic) bond motifs is 1. The number of hydrogen-bond acceptors (Lipinski definition) is 5. The Balaban J connectivity index is 1.63. The number of halogens is 1. The zero-order chi connectivity index (χ0) is 13.5. The second-order valence-corrected chi connectivity index (χ2v) is 5.74. The standard InChI is InChI=1S/C12H12BrN7/c13-8-3-18-20(4-8)9-1-2-19(5-9)12-10-11(15-6-14-10)16-7-17-12/h3-4,6-7,9H,1-2,5H2,(H,14,15,16,17). The third-order valence-corrected chi connectivity index (χ3v) is 4.02. The predicted octanol–water partition coefficient (Wildman–Crippen LogP) is 1.76. The van der Waals surface area contributed by atoms with Crippen LogP contribution in [0, 0.1) is 0 Å². The Morgan fingerprint density at radius 3 is 3.10 bits per heavy atom. The van der Waals surface area contributed by atoms with E-state index in [2.05, 4.69) is 45.9 Å². The van der Waals surface area contributed by atoms with Gasteiger partial charge >= 0.3 is 0 Å². The van der Waals surface area contributed by atoms with Gasteiger partial charge in [-0.3, -0.25) is 4.68 Å². The van der Waals surface area contributed by atoms with E-state index in [0.29, 0.717) is 11.7 Å². The Kier molecular flexibility index (Phi) is 2.69. The second-order valence-electron chi connectivity index (χ2n) is 4.83. The average Bonchev–Trinajstić information content (AvgIpc) is 3.17. The first-order valence-corrected chi connectivity index (χ1v) is 7.19. The summed E-state index contributed by atoms with van der Waals surface area (Å²) in [5, 5.41) is 4.37. The number of anilines is 1. The molecule has 1 aliphatic rings. The first-order chi connectivity index (χ1) is 9.81. The molecule has 102 valence electrons. The van der Waals surface area contributed by atoms with Crippen LogP contribution in [0.5, 0.6) is 0 Å². The number of aromatic nitrogens is 6. The normalized spacial score (nSPS) is 19.1. The highest BCUT2D eigenvalue weighted by Gasteiger charge is 2.27. The Morgan fingerprint density at radius 2 is 2.25 bits per heavy atom. The summed E-state index contributed by atoms with van der Waals surface area (Å²) in [6.45, 7) is 1.84. The summed E-state index contributed by atoms with van der Waals surface area (Å²) < 4.78 is 3.02. The number of H-pyrrole nitrogens is 1. The highest BCUT2D eigenvalue weighted by Crippen LogP contribution is 2.28. The molecular formula is C12H12BrN7. The van der Waals surface area contributed by atoms with Crippen molar-refractivity contribution in [2.45, 2.75) is 12.5 Å². The van der Waals surface area contributed by atoms with Gasteiger partial charge in [-0.1, -0.05) is 0 Å². The van der Waals surface area contributed by atoms with Crippen LogP contribution in [0.25, 0.3) is 11.2 Å². The maximum Gasteiger partial charge on any atom is 0.182 e. The summed E-state index contributed by atoms with van der Waals surface area (Å²) in [4.78, 5) is 18.1. The van der Waals surface area contributed by atoms with Gasteiger partial charge in [0.2, 0.25) is 0 Å². The van der Waals surface area contributed by atoms with Crippen molar-refractivity contribution in [2.75, 3.05) is 18.0 Å². The largest absolute Gasteiger partial charge is 0.352 e. The molecule has 4 heterocycles. The lowest BCUT2D eigenvalue weighted by Crippen LogP contribution is -2.22. The molecule has 3 aromatic heterocycles.